The van der Waals surface area contributed by atoms with E-state index < -0.39 is 0 Å². The second-order valence-electron chi connectivity index (χ2n) is 6.63. The van der Waals surface area contributed by atoms with Gasteiger partial charge >= 0.3 is 0 Å². The van der Waals surface area contributed by atoms with Gasteiger partial charge in [-0.3, -0.25) is 0 Å². The molecule has 1 saturated heterocycles. The molecule has 0 saturated carbocycles. The van der Waals surface area contributed by atoms with Crippen molar-refractivity contribution in [2.75, 3.05) is 26.2 Å². The van der Waals surface area contributed by atoms with Crippen LogP contribution in [0.1, 0.15) is 45.2 Å². The highest BCUT2D eigenvalue weighted by atomic mass is 35.5. The fourth-order valence-electron chi connectivity index (χ4n) is 3.66. The second kappa shape index (κ2) is 8.17. The van der Waals surface area contributed by atoms with Crippen molar-refractivity contribution >= 4 is 11.6 Å². The van der Waals surface area contributed by atoms with Gasteiger partial charge in [-0.25, -0.2) is 0 Å². The van der Waals surface area contributed by atoms with E-state index in [1.165, 1.54) is 25.1 Å². The molecule has 1 heterocycles. The van der Waals surface area contributed by atoms with Crippen LogP contribution in [0.5, 0.6) is 0 Å². The Morgan fingerprint density at radius 2 is 1.90 bits per heavy atom. The molecule has 1 fully saturated rings. The Labute approximate surface area is 134 Å². The largest absolute Gasteiger partial charge is 0.310 e. The van der Waals surface area contributed by atoms with Gasteiger partial charge in [0, 0.05) is 24.2 Å². The van der Waals surface area contributed by atoms with Crippen LogP contribution >= 0.6 is 11.6 Å². The van der Waals surface area contributed by atoms with Crippen molar-refractivity contribution in [2.24, 2.45) is 11.8 Å². The molecule has 2 rings (SSSR count). The zero-order chi connectivity index (χ0) is 15.2. The van der Waals surface area contributed by atoms with Crippen LogP contribution in [-0.2, 0) is 0 Å². The molecular formula is C18H29ClN2. The third-order valence-electron chi connectivity index (χ3n) is 4.41. The molecule has 3 atom stereocenters. The summed E-state index contributed by atoms with van der Waals surface area (Å²) < 4.78 is 0. The van der Waals surface area contributed by atoms with Gasteiger partial charge in [0.1, 0.15) is 0 Å². The summed E-state index contributed by atoms with van der Waals surface area (Å²) >= 11 is 6.37. The fourth-order valence-corrected chi connectivity index (χ4v) is 3.93. The number of nitrogens with zero attached hydrogens (tertiary/aromatic N) is 1. The molecule has 3 unspecified atom stereocenters. The Balaban J connectivity index is 1.96. The van der Waals surface area contributed by atoms with E-state index in [1.807, 2.05) is 12.1 Å². The SMILES string of the molecule is CCNC(CCN1CC(C)CC(C)C1)c1ccccc1Cl. The summed E-state index contributed by atoms with van der Waals surface area (Å²) in [7, 11) is 0. The van der Waals surface area contributed by atoms with E-state index in [2.05, 4.69) is 43.1 Å². The summed E-state index contributed by atoms with van der Waals surface area (Å²) in [5.41, 5.74) is 1.24. The van der Waals surface area contributed by atoms with Gasteiger partial charge in [-0.1, -0.05) is 50.6 Å². The summed E-state index contributed by atoms with van der Waals surface area (Å²) in [5, 5.41) is 4.47. The van der Waals surface area contributed by atoms with Gasteiger partial charge in [0.05, 0.1) is 0 Å². The fraction of sp³-hybridized carbons (Fsp3) is 0.667. The number of benzene rings is 1. The van der Waals surface area contributed by atoms with Crippen LogP contribution in [-0.4, -0.2) is 31.1 Å². The summed E-state index contributed by atoms with van der Waals surface area (Å²) in [5.74, 6) is 1.65. The first-order valence-electron chi connectivity index (χ1n) is 8.30. The number of rotatable bonds is 6. The molecular weight excluding hydrogens is 280 g/mol. The van der Waals surface area contributed by atoms with E-state index in [0.717, 1.165) is 36.4 Å². The molecule has 1 aromatic carbocycles. The predicted octanol–water partition coefficient (Wildman–Crippen LogP) is 4.36. The molecule has 1 N–H and O–H groups in total. The number of hydrogen-bond acceptors (Lipinski definition) is 2. The Morgan fingerprint density at radius 1 is 1.24 bits per heavy atom. The standard InChI is InChI=1S/C18H29ClN2/c1-4-20-18(16-7-5-6-8-17(16)19)9-10-21-12-14(2)11-15(3)13-21/h5-8,14-15,18,20H,4,9-13H2,1-3H3. The molecule has 2 nitrogen and oxygen atoms in total. The Kier molecular flexibility index (Phi) is 6.53. The smallest absolute Gasteiger partial charge is 0.0453 e. The lowest BCUT2D eigenvalue weighted by molar-refractivity contribution is 0.135. The minimum Gasteiger partial charge on any atom is -0.310 e. The molecule has 1 aliphatic rings. The number of nitrogens with one attached hydrogen (secondary N) is 1. The number of halogens is 1. The van der Waals surface area contributed by atoms with E-state index in [1.54, 1.807) is 0 Å². The van der Waals surface area contributed by atoms with Crippen molar-refractivity contribution in [2.45, 2.75) is 39.7 Å². The van der Waals surface area contributed by atoms with Gasteiger partial charge < -0.3 is 10.2 Å². The van der Waals surface area contributed by atoms with Gasteiger partial charge in [0.25, 0.3) is 0 Å². The number of likely N-dealkylation sites (tertiary alicyclic amines) is 1. The van der Waals surface area contributed by atoms with Crippen LogP contribution in [0.2, 0.25) is 5.02 Å². The Hall–Kier alpha value is -0.570. The molecule has 0 bridgehead atoms. The zero-order valence-electron chi connectivity index (χ0n) is 13.6. The molecule has 0 aliphatic carbocycles. The average molecular weight is 309 g/mol. The maximum atomic E-state index is 6.37. The molecule has 0 radical (unpaired) electrons. The van der Waals surface area contributed by atoms with E-state index in [-0.39, 0.29) is 0 Å². The minimum absolute atomic E-state index is 0.358. The summed E-state index contributed by atoms with van der Waals surface area (Å²) in [6, 6.07) is 8.58. The average Bonchev–Trinajstić information content (AvgIpc) is 2.43. The van der Waals surface area contributed by atoms with E-state index in [0.29, 0.717) is 6.04 Å². The van der Waals surface area contributed by atoms with Crippen molar-refractivity contribution in [1.82, 2.24) is 10.2 Å². The quantitative estimate of drug-likeness (QED) is 0.840. The lowest BCUT2D eigenvalue weighted by Gasteiger charge is -2.35. The first-order chi connectivity index (χ1) is 10.1. The van der Waals surface area contributed by atoms with Gasteiger partial charge in [0.2, 0.25) is 0 Å². The molecule has 118 valence electrons. The third-order valence-corrected chi connectivity index (χ3v) is 4.75. The molecule has 21 heavy (non-hydrogen) atoms. The molecule has 0 aromatic heterocycles. The predicted molar refractivity (Wildman–Crippen MR) is 91.9 cm³/mol. The van der Waals surface area contributed by atoms with Crippen LogP contribution < -0.4 is 5.32 Å². The van der Waals surface area contributed by atoms with Crippen LogP contribution in [0.25, 0.3) is 0 Å². The van der Waals surface area contributed by atoms with Gasteiger partial charge in [-0.2, -0.15) is 0 Å². The summed E-state index contributed by atoms with van der Waals surface area (Å²) in [4.78, 5) is 2.63. The molecule has 1 aliphatic heterocycles. The van der Waals surface area contributed by atoms with E-state index >= 15 is 0 Å². The maximum Gasteiger partial charge on any atom is 0.0453 e. The third kappa shape index (κ3) is 4.98. The highest BCUT2D eigenvalue weighted by Crippen LogP contribution is 2.27. The zero-order valence-corrected chi connectivity index (χ0v) is 14.4. The Bertz CT molecular complexity index is 425. The molecule has 0 spiro atoms. The van der Waals surface area contributed by atoms with E-state index in [4.69, 9.17) is 11.6 Å². The normalized spacial score (nSPS) is 25.0. The molecule has 0 amide bonds. The number of piperidine rings is 1. The lowest BCUT2D eigenvalue weighted by atomic mass is 9.91. The van der Waals surface area contributed by atoms with Gasteiger partial charge in [0.15, 0.2) is 0 Å². The first kappa shape index (κ1) is 16.8. The topological polar surface area (TPSA) is 15.3 Å². The van der Waals surface area contributed by atoms with Crippen molar-refractivity contribution < 1.29 is 0 Å². The van der Waals surface area contributed by atoms with E-state index in [9.17, 15) is 0 Å². The van der Waals surface area contributed by atoms with Gasteiger partial charge in [-0.15, -0.1) is 0 Å². The molecule has 1 aromatic rings. The van der Waals surface area contributed by atoms with Crippen LogP contribution in [0.15, 0.2) is 24.3 Å². The second-order valence-corrected chi connectivity index (χ2v) is 7.03. The molecule has 3 heteroatoms. The van der Waals surface area contributed by atoms with Crippen molar-refractivity contribution in [3.8, 4) is 0 Å². The highest BCUT2D eigenvalue weighted by molar-refractivity contribution is 6.31. The monoisotopic (exact) mass is 308 g/mol. The van der Waals surface area contributed by atoms with Crippen molar-refractivity contribution in [3.05, 3.63) is 34.9 Å². The van der Waals surface area contributed by atoms with Crippen molar-refractivity contribution in [1.29, 1.82) is 0 Å². The maximum absolute atomic E-state index is 6.37. The minimum atomic E-state index is 0.358. The lowest BCUT2D eigenvalue weighted by Crippen LogP contribution is -2.40. The number of hydrogen-bond donors (Lipinski definition) is 1. The van der Waals surface area contributed by atoms with Crippen LogP contribution in [0.4, 0.5) is 0 Å². The van der Waals surface area contributed by atoms with Crippen LogP contribution in [0, 0.1) is 11.8 Å². The van der Waals surface area contributed by atoms with Crippen LogP contribution in [0.3, 0.4) is 0 Å². The highest BCUT2D eigenvalue weighted by Gasteiger charge is 2.22. The van der Waals surface area contributed by atoms with Gasteiger partial charge in [-0.05, 0) is 49.4 Å². The van der Waals surface area contributed by atoms with Crippen molar-refractivity contribution in [3.63, 3.8) is 0 Å². The summed E-state index contributed by atoms with van der Waals surface area (Å²) in [6.45, 7) is 11.5. The first-order valence-corrected chi connectivity index (χ1v) is 8.68. The summed E-state index contributed by atoms with van der Waals surface area (Å²) in [6.07, 6.45) is 2.49. The Morgan fingerprint density at radius 3 is 2.52 bits per heavy atom.